The summed E-state index contributed by atoms with van der Waals surface area (Å²) in [6.45, 7) is 5.01. The van der Waals surface area contributed by atoms with Crippen molar-refractivity contribution in [1.82, 2.24) is 10.6 Å². The van der Waals surface area contributed by atoms with E-state index in [1.54, 1.807) is 0 Å². The van der Waals surface area contributed by atoms with Gasteiger partial charge in [0.2, 0.25) is 5.91 Å². The second-order valence-corrected chi connectivity index (χ2v) is 7.74. The molecule has 27 heavy (non-hydrogen) atoms. The molecule has 2 N–H and O–H groups in total. The molecule has 0 saturated carbocycles. The lowest BCUT2D eigenvalue weighted by atomic mass is 10.1. The number of hydrogen-bond donors (Lipinski definition) is 2. The highest BCUT2D eigenvalue weighted by Gasteiger charge is 2.17. The minimum atomic E-state index is 0.00979. The van der Waals surface area contributed by atoms with E-state index in [0.29, 0.717) is 13.0 Å². The molecule has 4 nitrogen and oxygen atoms in total. The summed E-state index contributed by atoms with van der Waals surface area (Å²) in [5.74, 6) is 1.15. The largest absolute Gasteiger partial charge is 0.352 e. The number of carbonyl (C=O) groups excluding carboxylic acids is 1. The maximum atomic E-state index is 11.9. The SMILES string of the molecule is CCCCCCCC/C=C\CCCCCCCC(=O)NC1CN=C(CC)N1. The van der Waals surface area contributed by atoms with E-state index >= 15 is 0 Å². The highest BCUT2D eigenvalue weighted by Crippen LogP contribution is 2.10. The zero-order chi connectivity index (χ0) is 19.6. The molecule has 0 aromatic carbocycles. The third-order valence-electron chi connectivity index (χ3n) is 5.14. The van der Waals surface area contributed by atoms with Gasteiger partial charge < -0.3 is 10.6 Å². The van der Waals surface area contributed by atoms with Crippen molar-refractivity contribution < 1.29 is 4.79 Å². The number of rotatable bonds is 17. The Morgan fingerprint density at radius 3 is 2.15 bits per heavy atom. The fraction of sp³-hybridized carbons (Fsp3) is 0.826. The van der Waals surface area contributed by atoms with Gasteiger partial charge in [0.25, 0.3) is 0 Å². The third-order valence-corrected chi connectivity index (χ3v) is 5.14. The first-order valence-electron chi connectivity index (χ1n) is 11.5. The summed E-state index contributed by atoms with van der Waals surface area (Å²) in [6.07, 6.45) is 23.0. The zero-order valence-electron chi connectivity index (χ0n) is 17.9. The van der Waals surface area contributed by atoms with Crippen LogP contribution in [0.15, 0.2) is 17.1 Å². The molecule has 0 aliphatic carbocycles. The first kappa shape index (κ1) is 23.7. The van der Waals surface area contributed by atoms with Gasteiger partial charge in [-0.05, 0) is 32.1 Å². The highest BCUT2D eigenvalue weighted by atomic mass is 16.1. The van der Waals surface area contributed by atoms with E-state index in [4.69, 9.17) is 0 Å². The topological polar surface area (TPSA) is 53.5 Å². The van der Waals surface area contributed by atoms with Gasteiger partial charge in [0.05, 0.1) is 12.4 Å². The van der Waals surface area contributed by atoms with E-state index < -0.39 is 0 Å². The van der Waals surface area contributed by atoms with Crippen LogP contribution in [0.4, 0.5) is 0 Å². The van der Waals surface area contributed by atoms with Crippen LogP contribution < -0.4 is 10.6 Å². The molecule has 0 saturated heterocycles. The summed E-state index contributed by atoms with van der Waals surface area (Å²) < 4.78 is 0. The summed E-state index contributed by atoms with van der Waals surface area (Å²) in [6, 6.07) is 0. The van der Waals surface area contributed by atoms with E-state index in [1.807, 2.05) is 0 Å². The molecule has 0 aromatic rings. The summed E-state index contributed by atoms with van der Waals surface area (Å²) >= 11 is 0. The normalized spacial score (nSPS) is 16.5. The van der Waals surface area contributed by atoms with Crippen molar-refractivity contribution in [3.63, 3.8) is 0 Å². The summed E-state index contributed by atoms with van der Waals surface area (Å²) in [4.78, 5) is 16.3. The molecule has 0 spiro atoms. The van der Waals surface area contributed by atoms with Crippen molar-refractivity contribution in [1.29, 1.82) is 0 Å². The van der Waals surface area contributed by atoms with Gasteiger partial charge in [-0.25, -0.2) is 0 Å². The Kier molecular flexibility index (Phi) is 14.8. The second-order valence-electron chi connectivity index (χ2n) is 7.74. The van der Waals surface area contributed by atoms with Crippen molar-refractivity contribution in [3.05, 3.63) is 12.2 Å². The van der Waals surface area contributed by atoms with Crippen LogP contribution in [0.2, 0.25) is 0 Å². The Morgan fingerprint density at radius 2 is 1.56 bits per heavy atom. The monoisotopic (exact) mass is 377 g/mol. The number of hydrogen-bond acceptors (Lipinski definition) is 3. The molecule has 1 amide bonds. The van der Waals surface area contributed by atoms with Gasteiger partial charge >= 0.3 is 0 Å². The van der Waals surface area contributed by atoms with E-state index in [1.165, 1.54) is 70.6 Å². The standard InChI is InChI=1S/C23H43N3O/c1-3-5-6-7-8-9-10-11-12-13-14-15-16-17-18-19-23(27)26-22-20-24-21(4-2)25-22/h11-12,22H,3-10,13-20H2,1-2H3,(H,24,25)(H,26,27)/b12-11-. The molecule has 1 atom stereocenters. The maximum absolute atomic E-state index is 11.9. The zero-order valence-corrected chi connectivity index (χ0v) is 17.9. The molecule has 0 aromatic heterocycles. The smallest absolute Gasteiger partial charge is 0.221 e. The van der Waals surface area contributed by atoms with Crippen LogP contribution in [0.25, 0.3) is 0 Å². The average molecular weight is 378 g/mol. The van der Waals surface area contributed by atoms with Crippen LogP contribution in [0.1, 0.15) is 110 Å². The lowest BCUT2D eigenvalue weighted by Crippen LogP contribution is -2.45. The number of aliphatic imine (C=N–C) groups is 1. The Labute approximate surface area is 167 Å². The second kappa shape index (κ2) is 16.8. The Hall–Kier alpha value is -1.32. The summed E-state index contributed by atoms with van der Waals surface area (Å²) in [5.41, 5.74) is 0. The number of allylic oxidation sites excluding steroid dienone is 2. The number of nitrogens with zero attached hydrogens (tertiary/aromatic N) is 1. The highest BCUT2D eigenvalue weighted by molar-refractivity contribution is 5.85. The average Bonchev–Trinajstić information content (AvgIpc) is 3.12. The van der Waals surface area contributed by atoms with Crippen molar-refractivity contribution in [3.8, 4) is 0 Å². The van der Waals surface area contributed by atoms with Crippen LogP contribution in [-0.2, 0) is 4.79 Å². The molecule has 1 unspecified atom stereocenters. The number of nitrogens with one attached hydrogen (secondary N) is 2. The Bertz CT molecular complexity index is 431. The first-order chi connectivity index (χ1) is 13.3. The summed E-state index contributed by atoms with van der Waals surface area (Å²) in [7, 11) is 0. The molecule has 1 heterocycles. The quantitative estimate of drug-likeness (QED) is 0.246. The van der Waals surface area contributed by atoms with Crippen molar-refractivity contribution in [2.45, 2.75) is 116 Å². The first-order valence-corrected chi connectivity index (χ1v) is 11.5. The van der Waals surface area contributed by atoms with Gasteiger partial charge in [-0.3, -0.25) is 9.79 Å². The van der Waals surface area contributed by atoms with Gasteiger partial charge in [-0.15, -0.1) is 0 Å². The number of amidine groups is 1. The maximum Gasteiger partial charge on any atom is 0.221 e. The van der Waals surface area contributed by atoms with Gasteiger partial charge in [0, 0.05) is 12.8 Å². The molecule has 0 bridgehead atoms. The number of carbonyl (C=O) groups is 1. The molecular weight excluding hydrogens is 334 g/mol. The van der Waals surface area contributed by atoms with Crippen molar-refractivity contribution in [2.24, 2.45) is 4.99 Å². The molecule has 0 radical (unpaired) electrons. The van der Waals surface area contributed by atoms with E-state index in [9.17, 15) is 4.79 Å². The summed E-state index contributed by atoms with van der Waals surface area (Å²) in [5, 5.41) is 6.26. The van der Waals surface area contributed by atoms with Gasteiger partial charge in [0.1, 0.15) is 6.17 Å². The van der Waals surface area contributed by atoms with E-state index in [2.05, 4.69) is 41.6 Å². The van der Waals surface area contributed by atoms with Crippen molar-refractivity contribution in [2.75, 3.05) is 6.54 Å². The number of unbranched alkanes of at least 4 members (excludes halogenated alkanes) is 11. The lowest BCUT2D eigenvalue weighted by Gasteiger charge is -2.13. The molecule has 1 aliphatic rings. The predicted molar refractivity (Wildman–Crippen MR) is 117 cm³/mol. The van der Waals surface area contributed by atoms with Crippen LogP contribution in [0.3, 0.4) is 0 Å². The molecule has 1 aliphatic heterocycles. The number of amides is 1. The van der Waals surface area contributed by atoms with E-state index in [0.717, 1.165) is 25.1 Å². The van der Waals surface area contributed by atoms with E-state index in [-0.39, 0.29) is 12.1 Å². The van der Waals surface area contributed by atoms with Crippen molar-refractivity contribution >= 4 is 11.7 Å². The van der Waals surface area contributed by atoms with Gasteiger partial charge in [-0.2, -0.15) is 0 Å². The third kappa shape index (κ3) is 13.5. The minimum Gasteiger partial charge on any atom is -0.352 e. The molecule has 0 fully saturated rings. The molecule has 1 rings (SSSR count). The van der Waals surface area contributed by atoms with Crippen LogP contribution in [-0.4, -0.2) is 24.5 Å². The molecular formula is C23H43N3O. The van der Waals surface area contributed by atoms with Crippen LogP contribution in [0, 0.1) is 0 Å². The molecule has 4 heteroatoms. The Balaban J connectivity index is 1.81. The lowest BCUT2D eigenvalue weighted by molar-refractivity contribution is -0.121. The molecule has 156 valence electrons. The van der Waals surface area contributed by atoms with Crippen LogP contribution in [0.5, 0.6) is 0 Å². The van der Waals surface area contributed by atoms with Gasteiger partial charge in [-0.1, -0.05) is 77.4 Å². The Morgan fingerprint density at radius 1 is 0.963 bits per heavy atom. The predicted octanol–water partition coefficient (Wildman–Crippen LogP) is 5.88. The van der Waals surface area contributed by atoms with Crippen LogP contribution >= 0.6 is 0 Å². The van der Waals surface area contributed by atoms with Gasteiger partial charge in [0.15, 0.2) is 0 Å². The minimum absolute atomic E-state index is 0.00979. The fourth-order valence-corrected chi connectivity index (χ4v) is 3.41. The fourth-order valence-electron chi connectivity index (χ4n) is 3.41.